The van der Waals surface area contributed by atoms with E-state index in [-0.39, 0.29) is 11.7 Å². The van der Waals surface area contributed by atoms with Gasteiger partial charge in [0.15, 0.2) is 5.69 Å². The smallest absolute Gasteiger partial charge is 0.358 e. The summed E-state index contributed by atoms with van der Waals surface area (Å²) in [5, 5.41) is 17.9. The van der Waals surface area contributed by atoms with Crippen LogP contribution in [0.5, 0.6) is 0 Å². The predicted octanol–water partition coefficient (Wildman–Crippen LogP) is 2.56. The maximum atomic E-state index is 11.4. The lowest BCUT2D eigenvalue weighted by molar-refractivity contribution is 0.0690. The number of hydrogen-bond donors (Lipinski definition) is 1. The molecule has 1 atom stereocenters. The molecular formula is C14H17N3O2. The van der Waals surface area contributed by atoms with Gasteiger partial charge in [0, 0.05) is 18.5 Å². The van der Waals surface area contributed by atoms with E-state index in [0.717, 1.165) is 11.8 Å². The molecule has 0 aliphatic rings. The van der Waals surface area contributed by atoms with Crippen LogP contribution in [0.25, 0.3) is 10.9 Å². The zero-order valence-electron chi connectivity index (χ0n) is 11.3. The Labute approximate surface area is 111 Å². The van der Waals surface area contributed by atoms with Crippen molar-refractivity contribution in [3.8, 4) is 0 Å². The van der Waals surface area contributed by atoms with E-state index in [2.05, 4.69) is 24.0 Å². The second-order valence-corrected chi connectivity index (χ2v) is 4.59. The Bertz CT molecular complexity index is 613. The molecule has 2 aromatic rings. The average Bonchev–Trinajstić information content (AvgIpc) is 2.44. The van der Waals surface area contributed by atoms with Gasteiger partial charge in [0.2, 0.25) is 0 Å². The van der Waals surface area contributed by atoms with E-state index < -0.39 is 5.97 Å². The minimum atomic E-state index is -1.05. The van der Waals surface area contributed by atoms with Crippen LogP contribution in [-0.2, 0) is 0 Å². The first kappa shape index (κ1) is 13.3. The Morgan fingerprint density at radius 1 is 1.37 bits per heavy atom. The Morgan fingerprint density at radius 2 is 2.05 bits per heavy atom. The van der Waals surface area contributed by atoms with E-state index in [4.69, 9.17) is 0 Å². The molecule has 100 valence electrons. The van der Waals surface area contributed by atoms with Crippen LogP contribution in [0.2, 0.25) is 0 Å². The molecule has 0 spiro atoms. The van der Waals surface area contributed by atoms with E-state index in [9.17, 15) is 9.90 Å². The summed E-state index contributed by atoms with van der Waals surface area (Å²) in [6, 6.07) is 7.69. The van der Waals surface area contributed by atoms with E-state index in [1.807, 2.05) is 36.2 Å². The Morgan fingerprint density at radius 3 is 2.68 bits per heavy atom. The van der Waals surface area contributed by atoms with Crippen LogP contribution in [0.3, 0.4) is 0 Å². The first-order chi connectivity index (χ1) is 9.06. The van der Waals surface area contributed by atoms with Gasteiger partial charge in [0.05, 0.1) is 11.2 Å². The molecule has 1 aromatic heterocycles. The van der Waals surface area contributed by atoms with E-state index >= 15 is 0 Å². The number of anilines is 1. The van der Waals surface area contributed by atoms with Gasteiger partial charge in [-0.15, -0.1) is 10.2 Å². The topological polar surface area (TPSA) is 66.3 Å². The van der Waals surface area contributed by atoms with Crippen LogP contribution in [0.15, 0.2) is 24.3 Å². The van der Waals surface area contributed by atoms with E-state index in [0.29, 0.717) is 11.2 Å². The standard InChI is InChI=1S/C14H17N3O2/c1-4-9(2)17(3)13-10-7-5-6-8-11(10)15-16-12(13)14(18)19/h5-9H,4H2,1-3H3,(H,18,19). The maximum Gasteiger partial charge on any atom is 0.358 e. The fourth-order valence-corrected chi connectivity index (χ4v) is 2.04. The molecule has 5 heteroatoms. The third-order valence-electron chi connectivity index (χ3n) is 3.45. The van der Waals surface area contributed by atoms with Crippen molar-refractivity contribution in [2.75, 3.05) is 11.9 Å². The van der Waals surface area contributed by atoms with E-state index in [1.165, 1.54) is 0 Å². The number of nitrogens with zero attached hydrogens (tertiary/aromatic N) is 3. The Hall–Kier alpha value is -2.17. The number of aromatic carboxylic acids is 1. The monoisotopic (exact) mass is 259 g/mol. The lowest BCUT2D eigenvalue weighted by atomic mass is 10.1. The highest BCUT2D eigenvalue weighted by Crippen LogP contribution is 2.29. The normalized spacial score (nSPS) is 12.4. The van der Waals surface area contributed by atoms with Gasteiger partial charge in [-0.2, -0.15) is 0 Å². The van der Waals surface area contributed by atoms with Crippen LogP contribution in [0.1, 0.15) is 30.8 Å². The zero-order valence-corrected chi connectivity index (χ0v) is 11.3. The molecule has 19 heavy (non-hydrogen) atoms. The maximum absolute atomic E-state index is 11.4. The highest BCUT2D eigenvalue weighted by molar-refractivity contribution is 6.02. The molecule has 0 saturated heterocycles. The third kappa shape index (κ3) is 2.36. The lowest BCUT2D eigenvalue weighted by Gasteiger charge is -2.27. The summed E-state index contributed by atoms with van der Waals surface area (Å²) in [6.07, 6.45) is 0.923. The molecule has 0 aliphatic heterocycles. The van der Waals surface area contributed by atoms with Gasteiger partial charge in [0.25, 0.3) is 0 Å². The molecule has 0 bridgehead atoms. The molecule has 0 saturated carbocycles. The summed E-state index contributed by atoms with van der Waals surface area (Å²) in [5.41, 5.74) is 1.34. The number of carboxylic acid groups (broad SMARTS) is 1. The third-order valence-corrected chi connectivity index (χ3v) is 3.45. The summed E-state index contributed by atoms with van der Waals surface area (Å²) >= 11 is 0. The van der Waals surface area contributed by atoms with Gasteiger partial charge in [-0.3, -0.25) is 0 Å². The molecule has 5 nitrogen and oxygen atoms in total. The van der Waals surface area contributed by atoms with Gasteiger partial charge >= 0.3 is 5.97 Å². The average molecular weight is 259 g/mol. The first-order valence-corrected chi connectivity index (χ1v) is 6.27. The van der Waals surface area contributed by atoms with Crippen molar-refractivity contribution in [2.45, 2.75) is 26.3 Å². The fourth-order valence-electron chi connectivity index (χ4n) is 2.04. The summed E-state index contributed by atoms with van der Waals surface area (Å²) < 4.78 is 0. The number of hydrogen-bond acceptors (Lipinski definition) is 4. The Balaban J connectivity index is 2.72. The molecule has 0 fully saturated rings. The number of carbonyl (C=O) groups is 1. The Kier molecular flexibility index (Phi) is 3.64. The molecule has 0 amide bonds. The minimum Gasteiger partial charge on any atom is -0.476 e. The van der Waals surface area contributed by atoms with Gasteiger partial charge < -0.3 is 10.0 Å². The van der Waals surface area contributed by atoms with Crippen LogP contribution in [-0.4, -0.2) is 34.4 Å². The molecule has 0 radical (unpaired) electrons. The van der Waals surface area contributed by atoms with Crippen molar-refractivity contribution >= 4 is 22.6 Å². The number of fused-ring (bicyclic) bond motifs is 1. The van der Waals surface area contributed by atoms with Crippen LogP contribution in [0, 0.1) is 0 Å². The van der Waals surface area contributed by atoms with Crippen LogP contribution >= 0.6 is 0 Å². The van der Waals surface area contributed by atoms with Crippen molar-refractivity contribution in [1.29, 1.82) is 0 Å². The quantitative estimate of drug-likeness (QED) is 0.914. The van der Waals surface area contributed by atoms with Gasteiger partial charge in [-0.1, -0.05) is 25.1 Å². The van der Waals surface area contributed by atoms with Crippen LogP contribution < -0.4 is 4.90 Å². The number of aromatic nitrogens is 2. The largest absolute Gasteiger partial charge is 0.476 e. The zero-order chi connectivity index (χ0) is 14.0. The second-order valence-electron chi connectivity index (χ2n) is 4.59. The number of rotatable bonds is 4. The van der Waals surface area contributed by atoms with Crippen molar-refractivity contribution in [3.05, 3.63) is 30.0 Å². The highest BCUT2D eigenvalue weighted by Gasteiger charge is 2.21. The SMILES string of the molecule is CCC(C)N(C)c1c(C(=O)O)nnc2ccccc12. The lowest BCUT2D eigenvalue weighted by Crippen LogP contribution is -2.30. The highest BCUT2D eigenvalue weighted by atomic mass is 16.4. The summed E-state index contributed by atoms with van der Waals surface area (Å²) in [4.78, 5) is 13.3. The molecule has 0 aliphatic carbocycles. The second kappa shape index (κ2) is 5.22. The van der Waals surface area contributed by atoms with Crippen molar-refractivity contribution < 1.29 is 9.90 Å². The molecule has 1 N–H and O–H groups in total. The van der Waals surface area contributed by atoms with Gasteiger partial charge in [-0.25, -0.2) is 4.79 Å². The van der Waals surface area contributed by atoms with Crippen LogP contribution in [0.4, 0.5) is 5.69 Å². The van der Waals surface area contributed by atoms with Gasteiger partial charge in [0.1, 0.15) is 0 Å². The molecule has 1 aromatic carbocycles. The minimum absolute atomic E-state index is 0.00139. The first-order valence-electron chi connectivity index (χ1n) is 6.27. The van der Waals surface area contributed by atoms with Crippen molar-refractivity contribution in [3.63, 3.8) is 0 Å². The predicted molar refractivity (Wildman–Crippen MR) is 74.7 cm³/mol. The summed E-state index contributed by atoms with van der Waals surface area (Å²) in [5.74, 6) is -1.05. The molecule has 2 rings (SSSR count). The van der Waals surface area contributed by atoms with Crippen molar-refractivity contribution in [2.24, 2.45) is 0 Å². The summed E-state index contributed by atoms with van der Waals surface area (Å²) in [7, 11) is 1.89. The number of benzene rings is 1. The molecule has 1 heterocycles. The van der Waals surface area contributed by atoms with Gasteiger partial charge in [-0.05, 0) is 19.4 Å². The summed E-state index contributed by atoms with van der Waals surface area (Å²) in [6.45, 7) is 4.12. The fraction of sp³-hybridized carbons (Fsp3) is 0.357. The number of carboxylic acids is 1. The molecule has 1 unspecified atom stereocenters. The van der Waals surface area contributed by atoms with E-state index in [1.54, 1.807) is 0 Å². The molecular weight excluding hydrogens is 242 g/mol. The van der Waals surface area contributed by atoms with Crippen molar-refractivity contribution in [1.82, 2.24) is 10.2 Å².